The second-order valence-electron chi connectivity index (χ2n) is 6.25. The molecular weight excluding hydrogens is 416 g/mol. The van der Waals surface area contributed by atoms with Crippen LogP contribution >= 0.6 is 11.6 Å². The number of hydrogen-bond donors (Lipinski definition) is 4. The highest BCUT2D eigenvalue weighted by molar-refractivity contribution is 6.33. The fourth-order valence-corrected chi connectivity index (χ4v) is 2.85. The van der Waals surface area contributed by atoms with Crippen molar-refractivity contribution in [2.24, 2.45) is 5.16 Å². The van der Waals surface area contributed by atoms with Crippen LogP contribution in [-0.4, -0.2) is 52.9 Å². The van der Waals surface area contributed by atoms with Crippen molar-refractivity contribution in [3.8, 4) is 11.5 Å². The Hall–Kier alpha value is -3.04. The maximum absolute atomic E-state index is 12.5. The summed E-state index contributed by atoms with van der Waals surface area (Å²) in [7, 11) is 0. The number of aliphatic hydroxyl groups excluding tert-OH is 1. The zero-order valence-electron chi connectivity index (χ0n) is 16.1. The third kappa shape index (κ3) is 6.78. The molecule has 30 heavy (non-hydrogen) atoms. The Morgan fingerprint density at radius 1 is 1.20 bits per heavy atom. The van der Waals surface area contributed by atoms with Crippen LogP contribution in [-0.2, 0) is 20.8 Å². The standard InChI is InChI=1S/C20H23ClN2O7/c21-19-14-9-13(23-30-11-17(27)22-12-24)7-5-3-1-2-4-6-8-29-20(28)18(14)15(25)10-16(19)26/h2,4-5,7,10,24-26H,1,3,6,8-9,11-12H2,(H,22,27)/b4-2+,7-5+,23-13+. The number of hydrogen-bond acceptors (Lipinski definition) is 8. The smallest absolute Gasteiger partial charge is 0.342 e. The number of carbonyl (C=O) groups is 2. The van der Waals surface area contributed by atoms with E-state index in [0.29, 0.717) is 12.8 Å². The molecule has 162 valence electrons. The highest BCUT2D eigenvalue weighted by Gasteiger charge is 2.24. The van der Waals surface area contributed by atoms with Crippen LogP contribution < -0.4 is 5.32 Å². The Morgan fingerprint density at radius 2 is 1.93 bits per heavy atom. The van der Waals surface area contributed by atoms with Crippen LogP contribution in [0.4, 0.5) is 0 Å². The van der Waals surface area contributed by atoms with E-state index in [1.807, 2.05) is 18.2 Å². The molecular formula is C20H23ClN2O7. The Kier molecular flexibility index (Phi) is 9.17. The molecule has 4 N–H and O–H groups in total. The van der Waals surface area contributed by atoms with Crippen LogP contribution in [0.5, 0.6) is 11.5 Å². The predicted molar refractivity (Wildman–Crippen MR) is 110 cm³/mol. The average molecular weight is 439 g/mol. The normalized spacial score (nSPS) is 18.6. The molecule has 0 atom stereocenters. The molecule has 0 saturated heterocycles. The molecule has 2 rings (SSSR count). The fraction of sp³-hybridized carbons (Fsp3) is 0.350. The maximum Gasteiger partial charge on any atom is 0.342 e. The number of oxime groups is 1. The number of aromatic hydroxyl groups is 2. The molecule has 10 heteroatoms. The highest BCUT2D eigenvalue weighted by Crippen LogP contribution is 2.37. The van der Waals surface area contributed by atoms with Crippen molar-refractivity contribution in [3.63, 3.8) is 0 Å². The minimum Gasteiger partial charge on any atom is -0.507 e. The van der Waals surface area contributed by atoms with E-state index in [-0.39, 0.29) is 34.9 Å². The monoisotopic (exact) mass is 438 g/mol. The minimum atomic E-state index is -0.790. The van der Waals surface area contributed by atoms with E-state index in [2.05, 4.69) is 10.5 Å². The summed E-state index contributed by atoms with van der Waals surface area (Å²) in [6.45, 7) is -0.850. The Bertz CT molecular complexity index is 865. The fourth-order valence-electron chi connectivity index (χ4n) is 2.63. The summed E-state index contributed by atoms with van der Waals surface area (Å²) in [6.07, 6.45) is 9.21. The number of nitrogens with one attached hydrogen (secondary N) is 1. The SMILES string of the molecule is O=C(CO/N=C1\C=C\CC/C=C/CCOC(=O)c2c(O)cc(O)c(Cl)c2C1)NCO. The van der Waals surface area contributed by atoms with Crippen LogP contribution in [0.2, 0.25) is 5.02 Å². The van der Waals surface area contributed by atoms with Gasteiger partial charge in [-0.3, -0.25) is 4.79 Å². The molecule has 0 aliphatic carbocycles. The Balaban J connectivity index is 2.40. The van der Waals surface area contributed by atoms with E-state index in [0.717, 1.165) is 12.5 Å². The molecule has 1 heterocycles. The number of rotatable bonds is 4. The number of allylic oxidation sites excluding steroid dienone is 3. The predicted octanol–water partition coefficient (Wildman–Crippen LogP) is 2.19. The first-order chi connectivity index (χ1) is 14.4. The first-order valence-electron chi connectivity index (χ1n) is 9.22. The lowest BCUT2D eigenvalue weighted by Crippen LogP contribution is -2.27. The zero-order valence-corrected chi connectivity index (χ0v) is 16.9. The zero-order chi connectivity index (χ0) is 21.9. The summed E-state index contributed by atoms with van der Waals surface area (Å²) in [6, 6.07) is 0.966. The lowest BCUT2D eigenvalue weighted by molar-refractivity contribution is -0.126. The molecule has 1 amide bonds. The number of esters is 1. The van der Waals surface area contributed by atoms with Gasteiger partial charge in [0.1, 0.15) is 23.8 Å². The van der Waals surface area contributed by atoms with Gasteiger partial charge >= 0.3 is 5.97 Å². The summed E-state index contributed by atoms with van der Waals surface area (Å²) in [5.41, 5.74) is 0.213. The van der Waals surface area contributed by atoms with Gasteiger partial charge in [0.25, 0.3) is 5.91 Å². The van der Waals surface area contributed by atoms with E-state index in [9.17, 15) is 19.8 Å². The van der Waals surface area contributed by atoms with Gasteiger partial charge in [0.15, 0.2) is 6.61 Å². The number of halogens is 1. The Labute approximate surface area is 178 Å². The van der Waals surface area contributed by atoms with E-state index >= 15 is 0 Å². The van der Waals surface area contributed by atoms with Gasteiger partial charge in [-0.25, -0.2) is 4.79 Å². The summed E-state index contributed by atoms with van der Waals surface area (Å²) in [4.78, 5) is 29.0. The molecule has 9 nitrogen and oxygen atoms in total. The number of benzene rings is 1. The molecule has 1 aromatic carbocycles. The molecule has 0 radical (unpaired) electrons. The van der Waals surface area contributed by atoms with Crippen molar-refractivity contribution in [3.05, 3.63) is 46.5 Å². The van der Waals surface area contributed by atoms with Gasteiger partial charge in [-0.05, 0) is 30.9 Å². The highest BCUT2D eigenvalue weighted by atomic mass is 35.5. The summed E-state index contributed by atoms with van der Waals surface area (Å²) in [5.74, 6) is -2.25. The summed E-state index contributed by atoms with van der Waals surface area (Å²) in [5, 5.41) is 34.8. The van der Waals surface area contributed by atoms with Crippen LogP contribution in [0.25, 0.3) is 0 Å². The molecule has 1 aromatic rings. The lowest BCUT2D eigenvalue weighted by Gasteiger charge is -2.14. The van der Waals surface area contributed by atoms with Gasteiger partial charge in [0.05, 0.1) is 17.3 Å². The Morgan fingerprint density at radius 3 is 2.70 bits per heavy atom. The molecule has 1 aliphatic rings. The second kappa shape index (κ2) is 11.8. The van der Waals surface area contributed by atoms with Gasteiger partial charge < -0.3 is 30.2 Å². The maximum atomic E-state index is 12.5. The van der Waals surface area contributed by atoms with Crippen molar-refractivity contribution in [2.45, 2.75) is 25.7 Å². The van der Waals surface area contributed by atoms with Gasteiger partial charge in [-0.1, -0.05) is 35.0 Å². The summed E-state index contributed by atoms with van der Waals surface area (Å²) >= 11 is 6.20. The molecule has 0 unspecified atom stereocenters. The third-order valence-corrected chi connectivity index (χ3v) is 4.45. The number of ether oxygens (including phenoxy) is 1. The minimum absolute atomic E-state index is 0.0841. The molecule has 1 aliphatic heterocycles. The first-order valence-corrected chi connectivity index (χ1v) is 9.60. The van der Waals surface area contributed by atoms with E-state index in [1.165, 1.54) is 0 Å². The number of carbonyl (C=O) groups excluding carboxylic acids is 2. The molecule has 0 saturated carbocycles. The van der Waals surface area contributed by atoms with Crippen molar-refractivity contribution >= 4 is 29.2 Å². The van der Waals surface area contributed by atoms with E-state index in [4.69, 9.17) is 26.3 Å². The number of fused-ring (bicyclic) bond motifs is 1. The number of phenolic OH excluding ortho intramolecular Hbond substituents is 2. The third-order valence-electron chi connectivity index (χ3n) is 4.03. The largest absolute Gasteiger partial charge is 0.507 e. The van der Waals surface area contributed by atoms with Gasteiger partial charge in [0, 0.05) is 12.5 Å². The molecule has 0 bridgehead atoms. The van der Waals surface area contributed by atoms with Crippen LogP contribution in [0.1, 0.15) is 35.2 Å². The quantitative estimate of drug-likeness (QED) is 0.244. The van der Waals surface area contributed by atoms with Crippen LogP contribution in [0, 0.1) is 0 Å². The number of cyclic esters (lactones) is 1. The van der Waals surface area contributed by atoms with Crippen molar-refractivity contribution in [1.82, 2.24) is 5.32 Å². The summed E-state index contributed by atoms with van der Waals surface area (Å²) < 4.78 is 5.21. The van der Waals surface area contributed by atoms with Crippen molar-refractivity contribution in [2.75, 3.05) is 19.9 Å². The topological polar surface area (TPSA) is 138 Å². The number of amides is 1. The number of aliphatic hydroxyl groups is 1. The number of nitrogens with zero attached hydrogens (tertiary/aromatic N) is 1. The number of phenols is 2. The average Bonchev–Trinajstić information content (AvgIpc) is 2.69. The van der Waals surface area contributed by atoms with Crippen molar-refractivity contribution < 1.29 is 34.5 Å². The van der Waals surface area contributed by atoms with Gasteiger partial charge in [-0.2, -0.15) is 0 Å². The van der Waals surface area contributed by atoms with Gasteiger partial charge in [0.2, 0.25) is 0 Å². The molecule has 0 fully saturated rings. The van der Waals surface area contributed by atoms with E-state index < -0.39 is 36.7 Å². The second-order valence-corrected chi connectivity index (χ2v) is 6.63. The van der Waals surface area contributed by atoms with Crippen LogP contribution in [0.3, 0.4) is 0 Å². The molecule has 0 spiro atoms. The van der Waals surface area contributed by atoms with E-state index in [1.54, 1.807) is 6.08 Å². The molecule has 0 aromatic heterocycles. The first kappa shape index (κ1) is 23.2. The van der Waals surface area contributed by atoms with Crippen LogP contribution in [0.15, 0.2) is 35.5 Å². The van der Waals surface area contributed by atoms with Gasteiger partial charge in [-0.15, -0.1) is 0 Å². The lowest BCUT2D eigenvalue weighted by atomic mass is 9.99. The van der Waals surface area contributed by atoms with Crippen molar-refractivity contribution in [1.29, 1.82) is 0 Å².